The van der Waals surface area contributed by atoms with Crippen molar-refractivity contribution in [3.05, 3.63) is 46.5 Å². The van der Waals surface area contributed by atoms with E-state index in [-0.39, 0.29) is 17.6 Å². The quantitative estimate of drug-likeness (QED) is 0.730. The number of benzene rings is 1. The lowest BCUT2D eigenvalue weighted by Crippen LogP contribution is -2.53. The lowest BCUT2D eigenvalue weighted by Gasteiger charge is -2.46. The van der Waals surface area contributed by atoms with Gasteiger partial charge in [0, 0.05) is 5.02 Å². The van der Waals surface area contributed by atoms with Crippen molar-refractivity contribution in [3.63, 3.8) is 0 Å². The summed E-state index contributed by atoms with van der Waals surface area (Å²) in [4.78, 5) is 12.2. The molecule has 0 radical (unpaired) electrons. The Hall–Kier alpha value is -1.16. The third kappa shape index (κ3) is 1.49. The molecule has 1 saturated heterocycles. The van der Waals surface area contributed by atoms with E-state index in [9.17, 15) is 4.79 Å². The van der Waals surface area contributed by atoms with Gasteiger partial charge in [0.1, 0.15) is 0 Å². The Kier molecular flexibility index (Phi) is 2.40. The fourth-order valence-electron chi connectivity index (χ4n) is 3.52. The van der Waals surface area contributed by atoms with Crippen molar-refractivity contribution in [3.8, 4) is 0 Å². The smallest absolute Gasteiger partial charge is 0.189 e. The van der Waals surface area contributed by atoms with Crippen molar-refractivity contribution in [1.82, 2.24) is 0 Å². The van der Waals surface area contributed by atoms with Crippen LogP contribution in [0.5, 0.6) is 0 Å². The van der Waals surface area contributed by atoms with Gasteiger partial charge < -0.3 is 9.47 Å². The molecule has 0 N–H and O–H groups in total. The van der Waals surface area contributed by atoms with E-state index in [1.54, 1.807) is 6.08 Å². The molecule has 2 atom stereocenters. The average molecular weight is 277 g/mol. The van der Waals surface area contributed by atoms with Gasteiger partial charge in [-0.2, -0.15) is 0 Å². The Morgan fingerprint density at radius 3 is 2.84 bits per heavy atom. The normalized spacial score (nSPS) is 30.7. The SMILES string of the molecule is O=C1C=C[C@@H]2c3ccc(Cl)cc3C[C@H]1C21OCCO1. The van der Waals surface area contributed by atoms with E-state index in [2.05, 4.69) is 0 Å². The van der Waals surface area contributed by atoms with Crippen molar-refractivity contribution in [2.75, 3.05) is 13.2 Å². The van der Waals surface area contributed by atoms with Crippen LogP contribution in [0.25, 0.3) is 0 Å². The van der Waals surface area contributed by atoms with Crippen molar-refractivity contribution in [2.24, 2.45) is 5.92 Å². The summed E-state index contributed by atoms with van der Waals surface area (Å²) < 4.78 is 11.8. The predicted octanol–water partition coefficient (Wildman–Crippen LogP) is 2.48. The highest BCUT2D eigenvalue weighted by atomic mass is 35.5. The molecular weight excluding hydrogens is 264 g/mol. The monoisotopic (exact) mass is 276 g/mol. The molecule has 3 aliphatic rings. The Bertz CT molecular complexity index is 587. The van der Waals surface area contributed by atoms with Gasteiger partial charge in [-0.15, -0.1) is 0 Å². The lowest BCUT2D eigenvalue weighted by molar-refractivity contribution is -0.208. The number of hydrogen-bond acceptors (Lipinski definition) is 3. The van der Waals surface area contributed by atoms with Crippen LogP contribution in [-0.4, -0.2) is 24.8 Å². The minimum absolute atomic E-state index is 0.0151. The van der Waals surface area contributed by atoms with E-state index in [1.165, 1.54) is 0 Å². The van der Waals surface area contributed by atoms with Gasteiger partial charge in [0.15, 0.2) is 11.6 Å². The summed E-state index contributed by atoms with van der Waals surface area (Å²) in [6.07, 6.45) is 4.22. The second-order valence-corrected chi connectivity index (χ2v) is 5.69. The minimum atomic E-state index is -0.785. The fourth-order valence-corrected chi connectivity index (χ4v) is 3.71. The average Bonchev–Trinajstić information content (AvgIpc) is 2.84. The highest BCUT2D eigenvalue weighted by Gasteiger charge is 2.57. The number of ether oxygens (including phenoxy) is 2. The fraction of sp³-hybridized carbons (Fsp3) is 0.400. The lowest BCUT2D eigenvalue weighted by atomic mass is 9.67. The number of ketones is 1. The zero-order valence-corrected chi connectivity index (χ0v) is 11.0. The van der Waals surface area contributed by atoms with Gasteiger partial charge in [-0.25, -0.2) is 0 Å². The molecular formula is C15H13ClO3. The molecule has 4 heteroatoms. The number of carbonyl (C=O) groups is 1. The molecule has 4 rings (SSSR count). The van der Waals surface area contributed by atoms with Crippen LogP contribution in [0.15, 0.2) is 30.4 Å². The van der Waals surface area contributed by atoms with Gasteiger partial charge in [0.2, 0.25) is 0 Å². The summed E-state index contributed by atoms with van der Waals surface area (Å²) in [5, 5.41) is 0.706. The molecule has 0 amide bonds. The van der Waals surface area contributed by atoms with E-state index in [1.807, 2.05) is 24.3 Å². The molecule has 1 heterocycles. The van der Waals surface area contributed by atoms with E-state index in [0.717, 1.165) is 11.1 Å². The first-order valence-corrected chi connectivity index (χ1v) is 6.87. The molecule has 1 aromatic carbocycles. The summed E-state index contributed by atoms with van der Waals surface area (Å²) in [5.74, 6) is -0.967. The molecule has 0 saturated carbocycles. The summed E-state index contributed by atoms with van der Waals surface area (Å²) in [7, 11) is 0. The maximum Gasteiger partial charge on any atom is 0.189 e. The Morgan fingerprint density at radius 2 is 2.05 bits per heavy atom. The highest BCUT2D eigenvalue weighted by Crippen LogP contribution is 2.51. The van der Waals surface area contributed by atoms with Crippen LogP contribution in [0, 0.1) is 5.92 Å². The van der Waals surface area contributed by atoms with Gasteiger partial charge >= 0.3 is 0 Å². The van der Waals surface area contributed by atoms with Gasteiger partial charge in [0.05, 0.1) is 25.0 Å². The number of rotatable bonds is 0. The van der Waals surface area contributed by atoms with Crippen LogP contribution in [0.1, 0.15) is 17.0 Å². The van der Waals surface area contributed by atoms with E-state index < -0.39 is 5.79 Å². The Balaban J connectivity index is 1.92. The van der Waals surface area contributed by atoms with Crippen LogP contribution in [0.3, 0.4) is 0 Å². The molecule has 19 heavy (non-hydrogen) atoms. The molecule has 1 fully saturated rings. The van der Waals surface area contributed by atoms with Gasteiger partial charge in [-0.05, 0) is 35.8 Å². The number of fused-ring (bicyclic) bond motifs is 2. The minimum Gasteiger partial charge on any atom is -0.346 e. The van der Waals surface area contributed by atoms with Gasteiger partial charge in [-0.3, -0.25) is 4.79 Å². The molecule has 98 valence electrons. The van der Waals surface area contributed by atoms with E-state index >= 15 is 0 Å². The van der Waals surface area contributed by atoms with Gasteiger partial charge in [-0.1, -0.05) is 23.7 Å². The summed E-state index contributed by atoms with van der Waals surface area (Å²) in [5.41, 5.74) is 2.29. The van der Waals surface area contributed by atoms with Crippen molar-refractivity contribution < 1.29 is 14.3 Å². The van der Waals surface area contributed by atoms with E-state index in [0.29, 0.717) is 24.7 Å². The number of allylic oxidation sites excluding steroid dienone is 1. The molecule has 1 aliphatic heterocycles. The van der Waals surface area contributed by atoms with Crippen molar-refractivity contribution in [2.45, 2.75) is 18.1 Å². The maximum atomic E-state index is 12.2. The second kappa shape index (κ2) is 3.92. The van der Waals surface area contributed by atoms with Gasteiger partial charge in [0.25, 0.3) is 0 Å². The van der Waals surface area contributed by atoms with Crippen molar-refractivity contribution in [1.29, 1.82) is 0 Å². The number of hydrogen-bond donors (Lipinski definition) is 0. The standard InChI is InChI=1S/C15H13ClO3/c16-10-1-2-11-9(7-10)8-13-14(17)4-3-12(11)15(13)18-5-6-19-15/h1-4,7,12-13H,5-6,8H2/t12-,13-/m1/s1. The first kappa shape index (κ1) is 11.6. The molecule has 0 unspecified atom stereocenters. The molecule has 0 aromatic heterocycles. The van der Waals surface area contributed by atoms with Crippen LogP contribution in [-0.2, 0) is 20.7 Å². The van der Waals surface area contributed by atoms with Crippen LogP contribution in [0.2, 0.25) is 5.02 Å². The third-order valence-corrected chi connectivity index (χ3v) is 4.55. The number of halogens is 1. The predicted molar refractivity (Wildman–Crippen MR) is 70.2 cm³/mol. The highest BCUT2D eigenvalue weighted by molar-refractivity contribution is 6.30. The molecule has 1 spiro atoms. The van der Waals surface area contributed by atoms with Crippen LogP contribution in [0.4, 0.5) is 0 Å². The molecule has 3 nitrogen and oxygen atoms in total. The summed E-state index contributed by atoms with van der Waals surface area (Å²) >= 11 is 6.06. The Labute approximate surface area is 116 Å². The molecule has 1 aromatic rings. The van der Waals surface area contributed by atoms with Crippen molar-refractivity contribution >= 4 is 17.4 Å². The number of carbonyl (C=O) groups excluding carboxylic acids is 1. The second-order valence-electron chi connectivity index (χ2n) is 5.26. The molecule has 2 aliphatic carbocycles. The third-order valence-electron chi connectivity index (χ3n) is 4.32. The van der Waals surface area contributed by atoms with Crippen LogP contribution < -0.4 is 0 Å². The summed E-state index contributed by atoms with van der Waals surface area (Å²) in [6, 6.07) is 5.85. The zero-order valence-electron chi connectivity index (χ0n) is 10.3. The topological polar surface area (TPSA) is 35.5 Å². The Morgan fingerprint density at radius 1 is 1.26 bits per heavy atom. The maximum absolute atomic E-state index is 12.2. The first-order valence-electron chi connectivity index (χ1n) is 6.49. The largest absolute Gasteiger partial charge is 0.346 e. The molecule has 2 bridgehead atoms. The van der Waals surface area contributed by atoms with E-state index in [4.69, 9.17) is 21.1 Å². The first-order chi connectivity index (χ1) is 9.21. The zero-order chi connectivity index (χ0) is 13.0. The van der Waals surface area contributed by atoms with Crippen LogP contribution >= 0.6 is 11.6 Å². The summed E-state index contributed by atoms with van der Waals surface area (Å²) in [6.45, 7) is 1.11.